The van der Waals surface area contributed by atoms with Crippen LogP contribution in [0.25, 0.3) is 0 Å². The highest BCUT2D eigenvalue weighted by Crippen LogP contribution is 2.10. The summed E-state index contributed by atoms with van der Waals surface area (Å²) < 4.78 is 0. The lowest BCUT2D eigenvalue weighted by molar-refractivity contribution is 0.0846. The van der Waals surface area contributed by atoms with Gasteiger partial charge in [-0.15, -0.1) is 0 Å². The fraction of sp³-hybridized carbons (Fsp3) is 0. The Hall–Kier alpha value is -2.60. The third-order valence-electron chi connectivity index (χ3n) is 2.44. The van der Waals surface area contributed by atoms with E-state index in [9.17, 15) is 14.4 Å². The van der Waals surface area contributed by atoms with Crippen LogP contribution >= 0.6 is 11.6 Å². The molecule has 1 aromatic heterocycles. The average molecular weight is 292 g/mol. The third-order valence-corrected chi connectivity index (χ3v) is 2.67. The van der Waals surface area contributed by atoms with E-state index in [2.05, 4.69) is 15.8 Å². The van der Waals surface area contributed by atoms with Crippen molar-refractivity contribution in [3.05, 3.63) is 69.1 Å². The van der Waals surface area contributed by atoms with Crippen molar-refractivity contribution in [2.75, 3.05) is 0 Å². The predicted molar refractivity (Wildman–Crippen MR) is 73.4 cm³/mol. The van der Waals surface area contributed by atoms with Crippen LogP contribution in [0.3, 0.4) is 0 Å². The van der Waals surface area contributed by atoms with Crippen molar-refractivity contribution in [3.8, 4) is 0 Å². The lowest BCUT2D eigenvalue weighted by Gasteiger charge is -2.07. The molecule has 2 amide bonds. The van der Waals surface area contributed by atoms with E-state index in [4.69, 9.17) is 11.6 Å². The van der Waals surface area contributed by atoms with Gasteiger partial charge in [-0.3, -0.25) is 25.2 Å². The highest BCUT2D eigenvalue weighted by Gasteiger charge is 2.11. The molecule has 0 spiro atoms. The molecule has 7 heteroatoms. The smallest absolute Gasteiger partial charge is 0.275 e. The predicted octanol–water partition coefficient (Wildman–Crippen LogP) is 1.10. The number of aromatic amines is 1. The normalized spacial score (nSPS) is 9.85. The zero-order valence-corrected chi connectivity index (χ0v) is 10.9. The van der Waals surface area contributed by atoms with Gasteiger partial charge in [-0.2, -0.15) is 0 Å². The van der Waals surface area contributed by atoms with Gasteiger partial charge >= 0.3 is 0 Å². The minimum atomic E-state index is -0.706. The molecule has 0 saturated carbocycles. The molecule has 0 bridgehead atoms. The van der Waals surface area contributed by atoms with E-state index in [1.165, 1.54) is 24.4 Å². The van der Waals surface area contributed by atoms with Gasteiger partial charge in [-0.25, -0.2) is 0 Å². The van der Waals surface area contributed by atoms with Crippen LogP contribution in [0.4, 0.5) is 0 Å². The van der Waals surface area contributed by atoms with Crippen LogP contribution in [0.5, 0.6) is 0 Å². The second-order valence-electron chi connectivity index (χ2n) is 3.83. The summed E-state index contributed by atoms with van der Waals surface area (Å²) in [6.07, 6.45) is 1.41. The molecule has 0 fully saturated rings. The van der Waals surface area contributed by atoms with Crippen molar-refractivity contribution < 1.29 is 9.59 Å². The van der Waals surface area contributed by atoms with Crippen molar-refractivity contribution >= 4 is 23.4 Å². The summed E-state index contributed by atoms with van der Waals surface area (Å²) in [6, 6.07) is 9.09. The van der Waals surface area contributed by atoms with Gasteiger partial charge in [0.2, 0.25) is 0 Å². The van der Waals surface area contributed by atoms with Crippen LogP contribution < -0.4 is 16.4 Å². The monoisotopic (exact) mass is 291 g/mol. The van der Waals surface area contributed by atoms with Crippen molar-refractivity contribution in [3.63, 3.8) is 0 Å². The largest absolute Gasteiger partial charge is 0.328 e. The minimum Gasteiger partial charge on any atom is -0.328 e. The number of H-pyrrole nitrogens is 1. The van der Waals surface area contributed by atoms with E-state index in [0.29, 0.717) is 10.6 Å². The van der Waals surface area contributed by atoms with Crippen LogP contribution in [-0.2, 0) is 0 Å². The Bertz CT molecular complexity index is 712. The lowest BCUT2D eigenvalue weighted by atomic mass is 10.2. The number of hydrazine groups is 1. The fourth-order valence-corrected chi connectivity index (χ4v) is 1.67. The highest BCUT2D eigenvalue weighted by atomic mass is 35.5. The van der Waals surface area contributed by atoms with E-state index in [1.807, 2.05) is 0 Å². The number of hydrogen-bond acceptors (Lipinski definition) is 3. The maximum Gasteiger partial charge on any atom is 0.275 e. The Morgan fingerprint density at radius 3 is 2.50 bits per heavy atom. The number of benzene rings is 1. The highest BCUT2D eigenvalue weighted by molar-refractivity contribution is 6.30. The summed E-state index contributed by atoms with van der Waals surface area (Å²) in [5.74, 6) is -1.24. The number of pyridine rings is 1. The molecule has 1 heterocycles. The number of aromatic nitrogens is 1. The molecular weight excluding hydrogens is 282 g/mol. The second kappa shape index (κ2) is 6.03. The summed E-state index contributed by atoms with van der Waals surface area (Å²) >= 11 is 5.76. The first-order chi connectivity index (χ1) is 9.58. The topological polar surface area (TPSA) is 91.1 Å². The molecule has 0 aliphatic rings. The SMILES string of the molecule is O=C(NNC(=O)c1ccc[nH]c1=O)c1cccc(Cl)c1. The van der Waals surface area contributed by atoms with Gasteiger partial charge in [0, 0.05) is 16.8 Å². The lowest BCUT2D eigenvalue weighted by Crippen LogP contribution is -2.43. The molecule has 1 aromatic carbocycles. The molecule has 20 heavy (non-hydrogen) atoms. The Morgan fingerprint density at radius 2 is 1.80 bits per heavy atom. The third kappa shape index (κ3) is 3.24. The van der Waals surface area contributed by atoms with Gasteiger partial charge in [-0.1, -0.05) is 17.7 Å². The summed E-state index contributed by atoms with van der Waals surface area (Å²) in [6.45, 7) is 0. The van der Waals surface area contributed by atoms with Gasteiger partial charge < -0.3 is 4.98 Å². The second-order valence-corrected chi connectivity index (χ2v) is 4.27. The quantitative estimate of drug-likeness (QED) is 0.724. The number of carbonyl (C=O) groups excluding carboxylic acids is 2. The number of hydrogen-bond donors (Lipinski definition) is 3. The van der Waals surface area contributed by atoms with Gasteiger partial charge in [-0.05, 0) is 30.3 Å². The van der Waals surface area contributed by atoms with E-state index in [-0.39, 0.29) is 5.56 Å². The molecule has 0 unspecified atom stereocenters. The zero-order valence-electron chi connectivity index (χ0n) is 10.1. The van der Waals surface area contributed by atoms with E-state index >= 15 is 0 Å². The molecule has 0 aliphatic heterocycles. The first kappa shape index (κ1) is 13.8. The zero-order chi connectivity index (χ0) is 14.5. The number of carbonyl (C=O) groups is 2. The molecule has 2 rings (SSSR count). The Labute approximate surface area is 118 Å². The van der Waals surface area contributed by atoms with Crippen molar-refractivity contribution in [1.82, 2.24) is 15.8 Å². The van der Waals surface area contributed by atoms with Crippen molar-refractivity contribution in [2.24, 2.45) is 0 Å². The number of amides is 2. The van der Waals surface area contributed by atoms with E-state index in [0.717, 1.165) is 0 Å². The number of rotatable bonds is 2. The maximum atomic E-state index is 11.7. The first-order valence-electron chi connectivity index (χ1n) is 5.62. The van der Waals surface area contributed by atoms with Crippen LogP contribution in [0.1, 0.15) is 20.7 Å². The molecule has 2 aromatic rings. The van der Waals surface area contributed by atoms with Crippen molar-refractivity contribution in [1.29, 1.82) is 0 Å². The Kier molecular flexibility index (Phi) is 4.17. The molecule has 6 nitrogen and oxygen atoms in total. The average Bonchev–Trinajstić information content (AvgIpc) is 2.45. The number of halogens is 1. The van der Waals surface area contributed by atoms with Crippen LogP contribution in [-0.4, -0.2) is 16.8 Å². The molecule has 0 radical (unpaired) electrons. The number of nitrogens with one attached hydrogen (secondary N) is 3. The van der Waals surface area contributed by atoms with E-state index < -0.39 is 17.4 Å². The molecular formula is C13H10ClN3O3. The molecule has 102 valence electrons. The van der Waals surface area contributed by atoms with Crippen LogP contribution in [0.15, 0.2) is 47.4 Å². The van der Waals surface area contributed by atoms with Crippen LogP contribution in [0, 0.1) is 0 Å². The van der Waals surface area contributed by atoms with Gasteiger partial charge in [0.25, 0.3) is 17.4 Å². The van der Waals surface area contributed by atoms with Gasteiger partial charge in [0.1, 0.15) is 5.56 Å². The summed E-state index contributed by atoms with van der Waals surface area (Å²) in [5, 5.41) is 0.406. The fourth-order valence-electron chi connectivity index (χ4n) is 1.48. The maximum absolute atomic E-state index is 11.7. The Balaban J connectivity index is 2.02. The molecule has 0 aliphatic carbocycles. The Morgan fingerprint density at radius 1 is 1.05 bits per heavy atom. The van der Waals surface area contributed by atoms with Gasteiger partial charge in [0.15, 0.2) is 0 Å². The van der Waals surface area contributed by atoms with E-state index in [1.54, 1.807) is 18.2 Å². The summed E-state index contributed by atoms with van der Waals surface area (Å²) in [7, 11) is 0. The minimum absolute atomic E-state index is 0.0982. The molecule has 0 saturated heterocycles. The first-order valence-corrected chi connectivity index (χ1v) is 5.99. The van der Waals surface area contributed by atoms with Gasteiger partial charge in [0.05, 0.1) is 0 Å². The van der Waals surface area contributed by atoms with Crippen molar-refractivity contribution in [2.45, 2.75) is 0 Å². The summed E-state index contributed by atoms with van der Waals surface area (Å²) in [5.41, 5.74) is 4.01. The standard InChI is InChI=1S/C13H10ClN3O3/c14-9-4-1-3-8(7-9)11(18)16-17-13(20)10-5-2-6-15-12(10)19/h1-7H,(H,15,19)(H,16,18)(H,17,20). The molecule has 3 N–H and O–H groups in total. The van der Waals surface area contributed by atoms with Crippen LogP contribution in [0.2, 0.25) is 5.02 Å². The summed E-state index contributed by atoms with van der Waals surface area (Å²) in [4.78, 5) is 37.2. The molecule has 0 atom stereocenters.